The van der Waals surface area contributed by atoms with Crippen LogP contribution in [0, 0.1) is 5.92 Å². The maximum absolute atomic E-state index is 11.4. The van der Waals surface area contributed by atoms with E-state index in [0.29, 0.717) is 18.2 Å². The highest BCUT2D eigenvalue weighted by atomic mass is 35.5. The topological polar surface area (TPSA) is 20.3 Å². The van der Waals surface area contributed by atoms with E-state index in [1.165, 1.54) is 0 Å². The highest BCUT2D eigenvalue weighted by Crippen LogP contribution is 2.25. The maximum atomic E-state index is 11.4. The third-order valence-electron chi connectivity index (χ3n) is 2.66. The summed E-state index contributed by atoms with van der Waals surface area (Å²) < 4.78 is 0. The Morgan fingerprint density at radius 3 is 2.83 bits per heavy atom. The van der Waals surface area contributed by atoms with Gasteiger partial charge in [0, 0.05) is 24.9 Å². The lowest BCUT2D eigenvalue weighted by atomic mass is 10.1. The van der Waals surface area contributed by atoms with Crippen molar-refractivity contribution < 1.29 is 4.79 Å². The molecule has 0 saturated carbocycles. The summed E-state index contributed by atoms with van der Waals surface area (Å²) in [5.41, 5.74) is 0. The van der Waals surface area contributed by atoms with Gasteiger partial charge in [-0.1, -0.05) is 13.8 Å². The number of carbonyl (C=O) groups excluding carboxylic acids is 1. The molecule has 3 heteroatoms. The third kappa shape index (κ3) is 1.74. The van der Waals surface area contributed by atoms with Crippen LogP contribution in [0.3, 0.4) is 0 Å². The minimum Gasteiger partial charge on any atom is -0.338 e. The molecule has 1 rings (SSSR count). The predicted octanol–water partition coefficient (Wildman–Crippen LogP) is 1.87. The summed E-state index contributed by atoms with van der Waals surface area (Å²) in [6, 6.07) is 0.277. The van der Waals surface area contributed by atoms with Crippen molar-refractivity contribution in [3.63, 3.8) is 0 Å². The maximum Gasteiger partial charge on any atom is 0.222 e. The Morgan fingerprint density at radius 2 is 2.33 bits per heavy atom. The van der Waals surface area contributed by atoms with Gasteiger partial charge in [-0.25, -0.2) is 0 Å². The molecular formula is C9H16ClNO. The van der Waals surface area contributed by atoms with Crippen LogP contribution in [0.5, 0.6) is 0 Å². The second-order valence-corrected chi connectivity index (χ2v) is 3.74. The average molecular weight is 190 g/mol. The van der Waals surface area contributed by atoms with Crippen LogP contribution in [-0.2, 0) is 4.79 Å². The first-order valence-corrected chi connectivity index (χ1v) is 5.09. The van der Waals surface area contributed by atoms with E-state index in [0.717, 1.165) is 13.0 Å². The number of rotatable bonds is 2. The van der Waals surface area contributed by atoms with Crippen molar-refractivity contribution in [2.24, 2.45) is 5.92 Å². The molecule has 1 heterocycles. The van der Waals surface area contributed by atoms with Gasteiger partial charge in [0.1, 0.15) is 0 Å². The van der Waals surface area contributed by atoms with E-state index in [-0.39, 0.29) is 11.9 Å². The molecule has 0 N–H and O–H groups in total. The minimum atomic E-state index is 0.241. The number of halogens is 1. The Hall–Kier alpha value is -0.240. The largest absolute Gasteiger partial charge is 0.338 e. The van der Waals surface area contributed by atoms with Gasteiger partial charge in [0.05, 0.1) is 0 Å². The molecule has 0 aromatic heterocycles. The van der Waals surface area contributed by atoms with Gasteiger partial charge in [-0.2, -0.15) is 0 Å². The van der Waals surface area contributed by atoms with Crippen molar-refractivity contribution >= 4 is 17.5 Å². The van der Waals surface area contributed by atoms with Crippen molar-refractivity contribution in [1.82, 2.24) is 4.90 Å². The Kier molecular flexibility index (Phi) is 3.39. The number of likely N-dealkylation sites (tertiary alicyclic amines) is 1. The summed E-state index contributed by atoms with van der Waals surface area (Å²) in [4.78, 5) is 13.3. The molecule has 0 aromatic rings. The van der Waals surface area contributed by atoms with Crippen LogP contribution in [-0.4, -0.2) is 29.3 Å². The van der Waals surface area contributed by atoms with E-state index in [2.05, 4.69) is 6.92 Å². The van der Waals surface area contributed by atoms with Crippen molar-refractivity contribution in [3.8, 4) is 0 Å². The number of amides is 1. The number of hydrogen-bond acceptors (Lipinski definition) is 1. The Bertz CT molecular complexity index is 172. The van der Waals surface area contributed by atoms with E-state index in [1.54, 1.807) is 0 Å². The molecule has 0 spiro atoms. The van der Waals surface area contributed by atoms with E-state index in [9.17, 15) is 4.79 Å². The van der Waals surface area contributed by atoms with Crippen molar-refractivity contribution in [2.45, 2.75) is 32.7 Å². The summed E-state index contributed by atoms with van der Waals surface area (Å²) in [6.07, 6.45) is 1.70. The van der Waals surface area contributed by atoms with Crippen molar-refractivity contribution in [3.05, 3.63) is 0 Å². The van der Waals surface area contributed by atoms with Crippen molar-refractivity contribution in [2.75, 3.05) is 12.4 Å². The molecule has 70 valence electrons. The second kappa shape index (κ2) is 4.13. The van der Waals surface area contributed by atoms with Gasteiger partial charge in [-0.15, -0.1) is 11.6 Å². The van der Waals surface area contributed by atoms with Crippen LogP contribution in [0.15, 0.2) is 0 Å². The zero-order valence-corrected chi connectivity index (χ0v) is 8.47. The summed E-state index contributed by atoms with van der Waals surface area (Å²) in [5.74, 6) is 1.38. The van der Waals surface area contributed by atoms with Crippen LogP contribution in [0.4, 0.5) is 0 Å². The van der Waals surface area contributed by atoms with E-state index < -0.39 is 0 Å². The average Bonchev–Trinajstić information content (AvgIpc) is 2.45. The molecule has 2 nitrogen and oxygen atoms in total. The lowest BCUT2D eigenvalue weighted by molar-refractivity contribution is -0.131. The zero-order chi connectivity index (χ0) is 9.14. The zero-order valence-electron chi connectivity index (χ0n) is 7.72. The fraction of sp³-hybridized carbons (Fsp3) is 0.889. The first-order chi connectivity index (χ1) is 5.70. The Morgan fingerprint density at radius 1 is 1.67 bits per heavy atom. The molecule has 1 aliphatic heterocycles. The van der Waals surface area contributed by atoms with E-state index in [1.807, 2.05) is 11.8 Å². The Labute approximate surface area is 78.9 Å². The number of nitrogens with zero attached hydrogens (tertiary/aromatic N) is 1. The normalized spacial score (nSPS) is 29.4. The molecular weight excluding hydrogens is 174 g/mol. The fourth-order valence-electron chi connectivity index (χ4n) is 1.76. The van der Waals surface area contributed by atoms with Crippen LogP contribution >= 0.6 is 11.6 Å². The minimum absolute atomic E-state index is 0.241. The van der Waals surface area contributed by atoms with Crippen LogP contribution in [0.25, 0.3) is 0 Å². The first-order valence-electron chi connectivity index (χ1n) is 4.56. The van der Waals surface area contributed by atoms with Crippen LogP contribution in [0.2, 0.25) is 0 Å². The van der Waals surface area contributed by atoms with Gasteiger partial charge in [-0.3, -0.25) is 4.79 Å². The van der Waals surface area contributed by atoms with Gasteiger partial charge in [0.15, 0.2) is 0 Å². The molecule has 12 heavy (non-hydrogen) atoms. The number of hydrogen-bond donors (Lipinski definition) is 0. The molecule has 2 unspecified atom stereocenters. The molecule has 1 fully saturated rings. The predicted molar refractivity (Wildman–Crippen MR) is 50.3 cm³/mol. The lowest BCUT2D eigenvalue weighted by Crippen LogP contribution is -2.38. The van der Waals surface area contributed by atoms with Gasteiger partial charge in [-0.05, 0) is 12.3 Å². The molecule has 2 atom stereocenters. The quantitative estimate of drug-likeness (QED) is 0.608. The summed E-state index contributed by atoms with van der Waals surface area (Å²) in [6.45, 7) is 4.96. The summed E-state index contributed by atoms with van der Waals surface area (Å²) in [5, 5.41) is 0. The third-order valence-corrected chi connectivity index (χ3v) is 2.98. The molecule has 1 saturated heterocycles. The molecule has 0 bridgehead atoms. The van der Waals surface area contributed by atoms with Gasteiger partial charge < -0.3 is 4.90 Å². The Balaban J connectivity index is 2.60. The highest BCUT2D eigenvalue weighted by Gasteiger charge is 2.32. The van der Waals surface area contributed by atoms with Gasteiger partial charge in [0.25, 0.3) is 0 Å². The monoisotopic (exact) mass is 189 g/mol. The van der Waals surface area contributed by atoms with Crippen molar-refractivity contribution in [1.29, 1.82) is 0 Å². The number of carbonyl (C=O) groups is 1. The SMILES string of the molecule is CCC(=O)N1CCC(C)C1CCl. The molecule has 1 aliphatic rings. The van der Waals surface area contributed by atoms with E-state index >= 15 is 0 Å². The fourth-order valence-corrected chi connectivity index (χ4v) is 2.23. The molecule has 1 amide bonds. The first kappa shape index (κ1) is 9.85. The van der Waals surface area contributed by atoms with Gasteiger partial charge in [0.2, 0.25) is 5.91 Å². The molecule has 0 aliphatic carbocycles. The summed E-state index contributed by atoms with van der Waals surface area (Å²) >= 11 is 5.80. The lowest BCUT2D eigenvalue weighted by Gasteiger charge is -2.24. The smallest absolute Gasteiger partial charge is 0.222 e. The highest BCUT2D eigenvalue weighted by molar-refractivity contribution is 6.18. The number of alkyl halides is 1. The molecule has 0 aromatic carbocycles. The standard InChI is InChI=1S/C9H16ClNO/c1-3-9(12)11-5-4-7(2)8(11)6-10/h7-8H,3-6H2,1-2H3. The summed E-state index contributed by atoms with van der Waals surface area (Å²) in [7, 11) is 0. The second-order valence-electron chi connectivity index (χ2n) is 3.43. The molecule has 0 radical (unpaired) electrons. The van der Waals surface area contributed by atoms with Crippen LogP contribution in [0.1, 0.15) is 26.7 Å². The van der Waals surface area contributed by atoms with Gasteiger partial charge >= 0.3 is 0 Å². The van der Waals surface area contributed by atoms with E-state index in [4.69, 9.17) is 11.6 Å². The van der Waals surface area contributed by atoms with Crippen LogP contribution < -0.4 is 0 Å².